The van der Waals surface area contributed by atoms with Crippen molar-refractivity contribution in [2.24, 2.45) is 0 Å². The summed E-state index contributed by atoms with van der Waals surface area (Å²) in [6.45, 7) is -1.33. The van der Waals surface area contributed by atoms with Gasteiger partial charge in [-0.3, -0.25) is 9.69 Å². The van der Waals surface area contributed by atoms with Crippen LogP contribution in [0, 0.1) is 11.6 Å². The average molecular weight is 275 g/mol. The summed E-state index contributed by atoms with van der Waals surface area (Å²) in [4.78, 5) is 12.7. The van der Waals surface area contributed by atoms with Crippen LogP contribution < -0.4 is 0 Å². The van der Waals surface area contributed by atoms with Gasteiger partial charge in [0.25, 0.3) is 5.92 Å². The third-order valence-electron chi connectivity index (χ3n) is 2.92. The molecule has 3 nitrogen and oxygen atoms in total. The number of alkyl halides is 2. The Labute approximate surface area is 107 Å². The molecule has 0 saturated carbocycles. The van der Waals surface area contributed by atoms with Gasteiger partial charge >= 0.3 is 14.0 Å². The highest BCUT2D eigenvalue weighted by Gasteiger charge is 2.49. The molecule has 102 valence electrons. The molecule has 1 unspecified atom stereocenters. The molecule has 0 N–H and O–H groups in total. The Bertz CT molecular complexity index is 503. The highest BCUT2D eigenvalue weighted by atomic mass is 19.3. The fourth-order valence-corrected chi connectivity index (χ4v) is 2.04. The van der Waals surface area contributed by atoms with Crippen LogP contribution in [-0.2, 0) is 9.45 Å². The van der Waals surface area contributed by atoms with E-state index in [-0.39, 0.29) is 5.56 Å². The first kappa shape index (κ1) is 13.9. The fourth-order valence-electron chi connectivity index (χ4n) is 2.04. The van der Waals surface area contributed by atoms with Crippen LogP contribution >= 0.6 is 0 Å². The molecular weight excluding hydrogens is 265 g/mol. The second-order valence-electron chi connectivity index (χ2n) is 4.35. The zero-order valence-electron chi connectivity index (χ0n) is 10.00. The maximum atomic E-state index is 13.6. The molecule has 0 radical (unpaired) electrons. The van der Waals surface area contributed by atoms with Gasteiger partial charge in [0, 0.05) is 11.6 Å². The Balaban J connectivity index is 2.31. The molecule has 0 aromatic heterocycles. The van der Waals surface area contributed by atoms with Crippen molar-refractivity contribution in [3.63, 3.8) is 0 Å². The molecule has 1 heterocycles. The Hall–Kier alpha value is -1.57. The molecule has 1 saturated heterocycles. The Morgan fingerprint density at radius 3 is 2.47 bits per heavy atom. The van der Waals surface area contributed by atoms with Crippen LogP contribution in [0.4, 0.5) is 17.6 Å². The molecule has 0 spiro atoms. The highest BCUT2D eigenvalue weighted by molar-refractivity contribution is 6.06. The third kappa shape index (κ3) is 2.73. The predicted octanol–water partition coefficient (Wildman–Crippen LogP) is 1.05. The molecule has 2 rings (SSSR count). The van der Waals surface area contributed by atoms with Crippen LogP contribution in [0.5, 0.6) is 0 Å². The molecule has 1 aliphatic heterocycles. The van der Waals surface area contributed by atoms with E-state index in [0.717, 1.165) is 25.1 Å². The van der Waals surface area contributed by atoms with Crippen LogP contribution in [-0.4, -0.2) is 37.9 Å². The number of rotatable bonds is 3. The lowest BCUT2D eigenvalue weighted by Crippen LogP contribution is -2.58. The number of halogens is 4. The minimum absolute atomic E-state index is 0.177. The number of hydrogen-bond acceptors (Lipinski definition) is 3. The molecule has 1 atom stereocenters. The van der Waals surface area contributed by atoms with Crippen LogP contribution in [0.2, 0.25) is 0 Å². The predicted molar refractivity (Wildman–Crippen MR) is 60.3 cm³/mol. The quantitative estimate of drug-likeness (QED) is 0.610. The number of carbonyl (C=O) groups excluding carboxylic acids is 1. The van der Waals surface area contributed by atoms with Gasteiger partial charge in [0.15, 0.2) is 0 Å². The molecule has 1 aliphatic rings. The van der Waals surface area contributed by atoms with Crippen molar-refractivity contribution in [1.29, 1.82) is 0 Å². The third-order valence-corrected chi connectivity index (χ3v) is 2.92. The Morgan fingerprint density at radius 2 is 2.00 bits per heavy atom. The first-order valence-electron chi connectivity index (χ1n) is 5.49. The smallest absolute Gasteiger partial charge is 0.326 e. The van der Waals surface area contributed by atoms with Crippen molar-refractivity contribution in [3.05, 3.63) is 35.4 Å². The molecule has 0 bridgehead atoms. The number of nitrogens with zero attached hydrogens (tertiary/aromatic N) is 1. The molecule has 8 heteroatoms. The molecule has 1 aromatic carbocycles. The SMILES string of the molecule is BOC(=O)C(c1ccc(F)cc1F)N1CC(F)(F)C1. The van der Waals surface area contributed by atoms with Crippen LogP contribution in [0.3, 0.4) is 0 Å². The standard InChI is InChI=1S/C11H10BF4NO2/c12-19-10(18)9(17-4-11(15,16)5-17)7-2-1-6(13)3-8(7)14/h1-3,9H,4-5,12H2. The van der Waals surface area contributed by atoms with Gasteiger partial charge in [0.1, 0.15) is 17.7 Å². The zero-order valence-corrected chi connectivity index (χ0v) is 10.00. The van der Waals surface area contributed by atoms with Crippen molar-refractivity contribution in [2.75, 3.05) is 13.1 Å². The van der Waals surface area contributed by atoms with E-state index < -0.39 is 42.7 Å². The lowest BCUT2D eigenvalue weighted by Gasteiger charge is -2.42. The number of likely N-dealkylation sites (tertiary alicyclic amines) is 1. The summed E-state index contributed by atoms with van der Waals surface area (Å²) in [6.07, 6.45) is 0. The van der Waals surface area contributed by atoms with Gasteiger partial charge in [-0.25, -0.2) is 17.6 Å². The van der Waals surface area contributed by atoms with Crippen molar-refractivity contribution in [2.45, 2.75) is 12.0 Å². The topological polar surface area (TPSA) is 29.5 Å². The largest absolute Gasteiger partial charge is 0.542 e. The van der Waals surface area contributed by atoms with E-state index in [1.165, 1.54) is 0 Å². The van der Waals surface area contributed by atoms with Crippen molar-refractivity contribution in [1.82, 2.24) is 4.90 Å². The van der Waals surface area contributed by atoms with Gasteiger partial charge in [-0.2, -0.15) is 0 Å². The normalized spacial score (nSPS) is 19.6. The summed E-state index contributed by atoms with van der Waals surface area (Å²) in [7, 11) is 1.08. The second kappa shape index (κ2) is 4.84. The van der Waals surface area contributed by atoms with Crippen molar-refractivity contribution < 1.29 is 27.0 Å². The molecule has 1 fully saturated rings. The van der Waals surface area contributed by atoms with Gasteiger partial charge in [0.05, 0.1) is 13.1 Å². The van der Waals surface area contributed by atoms with Crippen molar-refractivity contribution in [3.8, 4) is 0 Å². The van der Waals surface area contributed by atoms with E-state index in [1.807, 2.05) is 0 Å². The molecule has 19 heavy (non-hydrogen) atoms. The number of hydrogen-bond donors (Lipinski definition) is 0. The van der Waals surface area contributed by atoms with Gasteiger partial charge < -0.3 is 4.65 Å². The summed E-state index contributed by atoms with van der Waals surface area (Å²) in [6, 6.07) is 1.34. The maximum absolute atomic E-state index is 13.6. The molecule has 0 aliphatic carbocycles. The van der Waals surface area contributed by atoms with Crippen LogP contribution in [0.25, 0.3) is 0 Å². The first-order valence-corrected chi connectivity index (χ1v) is 5.49. The van der Waals surface area contributed by atoms with E-state index >= 15 is 0 Å². The van der Waals surface area contributed by atoms with Gasteiger partial charge in [-0.1, -0.05) is 6.07 Å². The Kier molecular flexibility index (Phi) is 3.53. The van der Waals surface area contributed by atoms with E-state index in [0.29, 0.717) is 6.07 Å². The van der Waals surface area contributed by atoms with E-state index in [2.05, 4.69) is 4.65 Å². The first-order chi connectivity index (χ1) is 8.84. The van der Waals surface area contributed by atoms with Crippen LogP contribution in [0.15, 0.2) is 18.2 Å². The van der Waals surface area contributed by atoms with E-state index in [4.69, 9.17) is 0 Å². The van der Waals surface area contributed by atoms with E-state index in [1.54, 1.807) is 0 Å². The average Bonchev–Trinajstić information content (AvgIpc) is 2.29. The van der Waals surface area contributed by atoms with Gasteiger partial charge in [0.2, 0.25) is 0 Å². The number of benzene rings is 1. The summed E-state index contributed by atoms with van der Waals surface area (Å²) >= 11 is 0. The second-order valence-corrected chi connectivity index (χ2v) is 4.35. The summed E-state index contributed by atoms with van der Waals surface area (Å²) < 4.78 is 56.7. The number of carbonyl (C=O) groups is 1. The van der Waals surface area contributed by atoms with Crippen molar-refractivity contribution >= 4 is 14.0 Å². The highest BCUT2D eigenvalue weighted by Crippen LogP contribution is 2.36. The Morgan fingerprint density at radius 1 is 1.37 bits per heavy atom. The fraction of sp³-hybridized carbons (Fsp3) is 0.364. The maximum Gasteiger partial charge on any atom is 0.326 e. The lowest BCUT2D eigenvalue weighted by atomic mass is 9.99. The van der Waals surface area contributed by atoms with Crippen LogP contribution in [0.1, 0.15) is 11.6 Å². The summed E-state index contributed by atoms with van der Waals surface area (Å²) in [5.41, 5.74) is -0.177. The summed E-state index contributed by atoms with van der Waals surface area (Å²) in [5, 5.41) is 0. The zero-order chi connectivity index (χ0) is 14.2. The molecule has 0 amide bonds. The minimum Gasteiger partial charge on any atom is -0.542 e. The van der Waals surface area contributed by atoms with Gasteiger partial charge in [-0.05, 0) is 6.07 Å². The molecular formula is C11H10BF4NO2. The lowest BCUT2D eigenvalue weighted by molar-refractivity contribution is -0.167. The van der Waals surface area contributed by atoms with Gasteiger partial charge in [-0.15, -0.1) is 0 Å². The van der Waals surface area contributed by atoms with E-state index in [9.17, 15) is 22.4 Å². The summed E-state index contributed by atoms with van der Waals surface area (Å²) in [5.74, 6) is -5.53. The monoisotopic (exact) mass is 275 g/mol. The minimum atomic E-state index is -2.90. The molecule has 1 aromatic rings.